The lowest BCUT2D eigenvalue weighted by Crippen LogP contribution is -2.15. The highest BCUT2D eigenvalue weighted by atomic mass is 32.1. The van der Waals surface area contributed by atoms with Crippen LogP contribution in [0.3, 0.4) is 0 Å². The molecule has 19 heavy (non-hydrogen) atoms. The van der Waals surface area contributed by atoms with Crippen molar-refractivity contribution in [1.82, 2.24) is 10.3 Å². The van der Waals surface area contributed by atoms with Crippen molar-refractivity contribution in [3.05, 3.63) is 16.1 Å². The van der Waals surface area contributed by atoms with Crippen LogP contribution in [0, 0.1) is 5.92 Å². The fourth-order valence-corrected chi connectivity index (χ4v) is 4.74. The van der Waals surface area contributed by atoms with Crippen LogP contribution in [0.2, 0.25) is 0 Å². The maximum atomic E-state index is 4.94. The van der Waals surface area contributed by atoms with Crippen molar-refractivity contribution in [3.8, 4) is 0 Å². The number of nitrogens with zero attached hydrogens (tertiary/aromatic N) is 1. The summed E-state index contributed by atoms with van der Waals surface area (Å²) in [7, 11) is 0. The molecule has 1 atom stereocenters. The Labute approximate surface area is 121 Å². The van der Waals surface area contributed by atoms with Gasteiger partial charge in [0.05, 0.1) is 16.7 Å². The van der Waals surface area contributed by atoms with Crippen molar-refractivity contribution in [2.45, 2.75) is 70.3 Å². The molecule has 1 unspecified atom stereocenters. The molecule has 1 saturated carbocycles. The first-order valence-electron chi connectivity index (χ1n) is 8.05. The third-order valence-electron chi connectivity index (χ3n) is 4.85. The van der Waals surface area contributed by atoms with Gasteiger partial charge in [0.1, 0.15) is 0 Å². The van der Waals surface area contributed by atoms with E-state index < -0.39 is 0 Å². The Kier molecular flexibility index (Phi) is 4.54. The van der Waals surface area contributed by atoms with Crippen molar-refractivity contribution in [3.63, 3.8) is 0 Å². The first-order valence-corrected chi connectivity index (χ1v) is 8.93. The topological polar surface area (TPSA) is 24.9 Å². The summed E-state index contributed by atoms with van der Waals surface area (Å²) in [6.07, 6.45) is 11.0. The zero-order chi connectivity index (χ0) is 13.1. The minimum atomic E-state index is 0.543. The molecule has 0 aromatic carbocycles. The molecular formula is C16H26N2S. The van der Waals surface area contributed by atoms with Crippen LogP contribution in [0.15, 0.2) is 5.38 Å². The zero-order valence-corrected chi connectivity index (χ0v) is 12.8. The Morgan fingerprint density at radius 1 is 1.26 bits per heavy atom. The van der Waals surface area contributed by atoms with Crippen LogP contribution in [0.25, 0.3) is 0 Å². The summed E-state index contributed by atoms with van der Waals surface area (Å²) < 4.78 is 0. The summed E-state index contributed by atoms with van der Waals surface area (Å²) >= 11 is 1.91. The van der Waals surface area contributed by atoms with Crippen LogP contribution in [-0.4, -0.2) is 11.5 Å². The van der Waals surface area contributed by atoms with Gasteiger partial charge in [0.25, 0.3) is 0 Å². The summed E-state index contributed by atoms with van der Waals surface area (Å²) in [4.78, 5) is 4.94. The molecule has 2 nitrogen and oxygen atoms in total. The molecule has 1 N–H and O–H groups in total. The first kappa shape index (κ1) is 13.6. The Bertz CT molecular complexity index is 387. The Hall–Kier alpha value is -0.410. The second-order valence-corrected chi connectivity index (χ2v) is 7.16. The minimum absolute atomic E-state index is 0.543. The van der Waals surface area contributed by atoms with Crippen LogP contribution in [0.4, 0.5) is 0 Å². The number of nitrogens with one attached hydrogen (secondary N) is 1. The van der Waals surface area contributed by atoms with Gasteiger partial charge in [-0.3, -0.25) is 0 Å². The quantitative estimate of drug-likeness (QED) is 0.867. The number of thiazole rings is 1. The van der Waals surface area contributed by atoms with Crippen molar-refractivity contribution < 1.29 is 0 Å². The zero-order valence-electron chi connectivity index (χ0n) is 12.0. The first-order chi connectivity index (χ1) is 9.36. The van der Waals surface area contributed by atoms with E-state index in [1.807, 2.05) is 11.3 Å². The SMILES string of the molecule is CCCC1CCC(c2nc(C3CCCN3)cs2)CC1. The molecule has 0 amide bonds. The largest absolute Gasteiger partial charge is 0.309 e. The Morgan fingerprint density at radius 3 is 2.79 bits per heavy atom. The standard InChI is InChI=1S/C16H26N2S/c1-2-4-12-6-8-13(9-7-12)16-18-15(11-19-16)14-5-3-10-17-14/h11-14,17H,2-10H2,1H3. The van der Waals surface area contributed by atoms with Gasteiger partial charge < -0.3 is 5.32 Å². The molecule has 0 radical (unpaired) electrons. The van der Waals surface area contributed by atoms with E-state index >= 15 is 0 Å². The van der Waals surface area contributed by atoms with Crippen LogP contribution in [0.5, 0.6) is 0 Å². The number of hydrogen-bond acceptors (Lipinski definition) is 3. The normalized spacial score (nSPS) is 31.7. The van der Waals surface area contributed by atoms with Crippen molar-refractivity contribution in [2.75, 3.05) is 6.54 Å². The predicted molar refractivity (Wildman–Crippen MR) is 81.7 cm³/mol. The molecule has 2 fully saturated rings. The number of hydrogen-bond donors (Lipinski definition) is 1. The summed E-state index contributed by atoms with van der Waals surface area (Å²) in [6.45, 7) is 3.48. The van der Waals surface area contributed by atoms with E-state index in [1.54, 1.807) is 0 Å². The van der Waals surface area contributed by atoms with Crippen LogP contribution in [-0.2, 0) is 0 Å². The van der Waals surface area contributed by atoms with Gasteiger partial charge in [-0.25, -0.2) is 4.98 Å². The molecule has 2 aliphatic rings. The summed E-state index contributed by atoms with van der Waals surface area (Å²) in [5.74, 6) is 1.76. The Balaban J connectivity index is 1.58. The third kappa shape index (κ3) is 3.19. The minimum Gasteiger partial charge on any atom is -0.309 e. The second-order valence-electron chi connectivity index (χ2n) is 6.27. The summed E-state index contributed by atoms with van der Waals surface area (Å²) in [5, 5.41) is 7.27. The number of rotatable bonds is 4. The molecule has 3 rings (SSSR count). The van der Waals surface area contributed by atoms with Crippen molar-refractivity contribution in [2.24, 2.45) is 5.92 Å². The molecule has 106 valence electrons. The van der Waals surface area contributed by atoms with Crippen LogP contribution >= 0.6 is 11.3 Å². The molecule has 3 heteroatoms. The average Bonchev–Trinajstić information content (AvgIpc) is 3.11. The van der Waals surface area contributed by atoms with Gasteiger partial charge in [0.15, 0.2) is 0 Å². The lowest BCUT2D eigenvalue weighted by molar-refractivity contribution is 0.307. The van der Waals surface area contributed by atoms with E-state index in [-0.39, 0.29) is 0 Å². The van der Waals surface area contributed by atoms with E-state index in [2.05, 4.69) is 17.6 Å². The summed E-state index contributed by atoms with van der Waals surface area (Å²) in [6, 6.07) is 0.543. The summed E-state index contributed by atoms with van der Waals surface area (Å²) in [5.41, 5.74) is 1.31. The lowest BCUT2D eigenvalue weighted by Gasteiger charge is -2.27. The van der Waals surface area contributed by atoms with Crippen molar-refractivity contribution >= 4 is 11.3 Å². The molecule has 0 spiro atoms. The second kappa shape index (κ2) is 6.36. The van der Waals surface area contributed by atoms with Crippen LogP contribution < -0.4 is 5.32 Å². The fourth-order valence-electron chi connectivity index (χ4n) is 3.69. The monoisotopic (exact) mass is 278 g/mol. The third-order valence-corrected chi connectivity index (χ3v) is 5.88. The van der Waals surface area contributed by atoms with E-state index in [9.17, 15) is 0 Å². The van der Waals surface area contributed by atoms with Gasteiger partial charge in [0.2, 0.25) is 0 Å². The molecule has 1 aromatic heterocycles. The predicted octanol–water partition coefficient (Wildman–Crippen LogP) is 4.64. The van der Waals surface area contributed by atoms with Gasteiger partial charge in [0, 0.05) is 11.3 Å². The van der Waals surface area contributed by atoms with E-state index in [1.165, 1.54) is 68.6 Å². The highest BCUT2D eigenvalue weighted by molar-refractivity contribution is 7.09. The molecule has 0 bridgehead atoms. The highest BCUT2D eigenvalue weighted by Gasteiger charge is 2.25. The molecular weight excluding hydrogens is 252 g/mol. The van der Waals surface area contributed by atoms with E-state index in [4.69, 9.17) is 4.98 Å². The lowest BCUT2D eigenvalue weighted by atomic mass is 9.80. The number of aromatic nitrogens is 1. The van der Waals surface area contributed by atoms with Gasteiger partial charge in [-0.05, 0) is 51.0 Å². The molecule has 1 saturated heterocycles. The van der Waals surface area contributed by atoms with Gasteiger partial charge in [-0.1, -0.05) is 19.8 Å². The Morgan fingerprint density at radius 2 is 2.11 bits per heavy atom. The van der Waals surface area contributed by atoms with Gasteiger partial charge >= 0.3 is 0 Å². The van der Waals surface area contributed by atoms with Gasteiger partial charge in [-0.15, -0.1) is 11.3 Å². The molecule has 2 heterocycles. The average molecular weight is 278 g/mol. The molecule has 1 aromatic rings. The maximum absolute atomic E-state index is 4.94. The van der Waals surface area contributed by atoms with Crippen LogP contribution in [0.1, 0.15) is 81.0 Å². The smallest absolute Gasteiger partial charge is 0.0959 e. The highest BCUT2D eigenvalue weighted by Crippen LogP contribution is 2.39. The van der Waals surface area contributed by atoms with Crippen molar-refractivity contribution in [1.29, 1.82) is 0 Å². The van der Waals surface area contributed by atoms with E-state index in [0.717, 1.165) is 11.8 Å². The molecule has 1 aliphatic carbocycles. The van der Waals surface area contributed by atoms with E-state index in [0.29, 0.717) is 6.04 Å². The van der Waals surface area contributed by atoms with Gasteiger partial charge in [-0.2, -0.15) is 0 Å². The maximum Gasteiger partial charge on any atom is 0.0959 e. The molecule has 1 aliphatic heterocycles. The fraction of sp³-hybridized carbons (Fsp3) is 0.812.